The van der Waals surface area contributed by atoms with Gasteiger partial charge in [-0.3, -0.25) is 9.52 Å². The van der Waals surface area contributed by atoms with E-state index in [0.29, 0.717) is 34.1 Å². The van der Waals surface area contributed by atoms with Crippen molar-refractivity contribution in [1.82, 2.24) is 4.57 Å². The smallest absolute Gasteiger partial charge is 0.279 e. The molecule has 0 aliphatic heterocycles. The van der Waals surface area contributed by atoms with E-state index in [1.54, 1.807) is 44.6 Å². The van der Waals surface area contributed by atoms with Crippen LogP contribution in [0.5, 0.6) is 11.5 Å². The van der Waals surface area contributed by atoms with Crippen LogP contribution in [0, 0.1) is 0 Å². The first-order valence-corrected chi connectivity index (χ1v) is 12.7. The van der Waals surface area contributed by atoms with Crippen molar-refractivity contribution in [1.29, 1.82) is 0 Å². The largest absolute Gasteiger partial charge is 0.495 e. The molecule has 0 saturated heterocycles. The normalized spacial score (nSPS) is 12.0. The number of hydrogen-bond donors (Lipinski definition) is 1. The Hall–Kier alpha value is -3.63. The Labute approximate surface area is 201 Å². The molecular formula is C24H23N3O5S2. The van der Waals surface area contributed by atoms with Crippen LogP contribution >= 0.6 is 11.3 Å². The average Bonchev–Trinajstić information content (AvgIpc) is 3.22. The number of rotatable bonds is 7. The summed E-state index contributed by atoms with van der Waals surface area (Å²) in [6.07, 6.45) is 0. The third kappa shape index (κ3) is 4.55. The molecule has 0 unspecified atom stereocenters. The van der Waals surface area contributed by atoms with Crippen molar-refractivity contribution in [3.05, 3.63) is 77.1 Å². The number of sulfonamides is 1. The van der Waals surface area contributed by atoms with E-state index in [1.165, 1.54) is 35.6 Å². The number of nitrogens with one attached hydrogen (secondary N) is 1. The zero-order valence-corrected chi connectivity index (χ0v) is 20.4. The zero-order chi connectivity index (χ0) is 24.3. The second-order valence-electron chi connectivity index (χ2n) is 7.19. The summed E-state index contributed by atoms with van der Waals surface area (Å²) >= 11 is 1.34. The highest BCUT2D eigenvalue weighted by molar-refractivity contribution is 7.92. The number of fused-ring (bicyclic) bond motifs is 1. The zero-order valence-electron chi connectivity index (χ0n) is 18.8. The van der Waals surface area contributed by atoms with Crippen molar-refractivity contribution < 1.29 is 22.7 Å². The number of nitrogens with zero attached hydrogens (tertiary/aromatic N) is 2. The summed E-state index contributed by atoms with van der Waals surface area (Å²) in [6, 6.07) is 17.9. The molecule has 0 bridgehead atoms. The van der Waals surface area contributed by atoms with E-state index < -0.39 is 15.9 Å². The number of benzene rings is 3. The fourth-order valence-electron chi connectivity index (χ4n) is 3.48. The maximum Gasteiger partial charge on any atom is 0.279 e. The first-order chi connectivity index (χ1) is 16.4. The van der Waals surface area contributed by atoms with Gasteiger partial charge >= 0.3 is 0 Å². The van der Waals surface area contributed by atoms with Gasteiger partial charge in [0.15, 0.2) is 4.80 Å². The minimum atomic E-state index is -3.72. The minimum absolute atomic E-state index is 0.157. The molecule has 3 aromatic carbocycles. The van der Waals surface area contributed by atoms with E-state index >= 15 is 0 Å². The monoisotopic (exact) mass is 497 g/mol. The number of hydrogen-bond acceptors (Lipinski definition) is 6. The van der Waals surface area contributed by atoms with Gasteiger partial charge in [0.25, 0.3) is 15.9 Å². The first kappa shape index (κ1) is 23.5. The average molecular weight is 498 g/mol. The number of thiazole rings is 1. The summed E-state index contributed by atoms with van der Waals surface area (Å²) in [4.78, 5) is 17.9. The second-order valence-corrected chi connectivity index (χ2v) is 9.85. The highest BCUT2D eigenvalue weighted by Gasteiger charge is 2.17. The number of carbonyl (C=O) groups is 1. The number of anilines is 1. The van der Waals surface area contributed by atoms with Gasteiger partial charge in [-0.25, -0.2) is 8.42 Å². The van der Waals surface area contributed by atoms with Crippen LogP contribution in [-0.4, -0.2) is 33.1 Å². The highest BCUT2D eigenvalue weighted by atomic mass is 32.2. The van der Waals surface area contributed by atoms with Gasteiger partial charge in [0.05, 0.1) is 19.1 Å². The summed E-state index contributed by atoms with van der Waals surface area (Å²) < 4.78 is 41.2. The molecule has 0 aliphatic carbocycles. The summed E-state index contributed by atoms with van der Waals surface area (Å²) in [5.41, 5.74) is 1.49. The van der Waals surface area contributed by atoms with Gasteiger partial charge in [-0.15, -0.1) is 0 Å². The first-order valence-electron chi connectivity index (χ1n) is 10.4. The molecule has 1 N–H and O–H groups in total. The van der Waals surface area contributed by atoms with E-state index in [0.717, 1.165) is 10.2 Å². The van der Waals surface area contributed by atoms with Crippen LogP contribution in [0.4, 0.5) is 5.69 Å². The molecule has 1 aromatic heterocycles. The van der Waals surface area contributed by atoms with E-state index in [-0.39, 0.29) is 4.90 Å². The van der Waals surface area contributed by atoms with Gasteiger partial charge < -0.3 is 14.0 Å². The van der Waals surface area contributed by atoms with Gasteiger partial charge in [0.1, 0.15) is 21.7 Å². The number of amides is 1. The Morgan fingerprint density at radius 1 is 0.971 bits per heavy atom. The summed E-state index contributed by atoms with van der Waals surface area (Å²) in [7, 11) is -0.534. The maximum atomic E-state index is 12.9. The van der Waals surface area contributed by atoms with Crippen molar-refractivity contribution >= 4 is 43.2 Å². The lowest BCUT2D eigenvalue weighted by Crippen LogP contribution is -2.16. The number of ether oxygens (including phenoxy) is 2. The van der Waals surface area contributed by atoms with Gasteiger partial charge in [-0.1, -0.05) is 29.5 Å². The van der Waals surface area contributed by atoms with Gasteiger partial charge in [-0.05, 0) is 55.5 Å². The van der Waals surface area contributed by atoms with Crippen LogP contribution < -0.4 is 19.0 Å². The molecular weight excluding hydrogens is 474 g/mol. The quantitative estimate of drug-likeness (QED) is 0.411. The molecule has 0 spiro atoms. The van der Waals surface area contributed by atoms with Crippen LogP contribution in [0.25, 0.3) is 10.2 Å². The lowest BCUT2D eigenvalue weighted by atomic mass is 10.2. The fourth-order valence-corrected chi connectivity index (χ4v) is 5.76. The molecule has 8 nitrogen and oxygen atoms in total. The van der Waals surface area contributed by atoms with Gasteiger partial charge in [0.2, 0.25) is 0 Å². The highest BCUT2D eigenvalue weighted by Crippen LogP contribution is 2.35. The Kier molecular flexibility index (Phi) is 6.71. The third-order valence-electron chi connectivity index (χ3n) is 5.14. The number of carbonyl (C=O) groups excluding carboxylic acids is 1. The predicted octanol–water partition coefficient (Wildman–Crippen LogP) is 4.28. The molecule has 0 atom stereocenters. The van der Waals surface area contributed by atoms with Crippen LogP contribution in [0.2, 0.25) is 0 Å². The Morgan fingerprint density at radius 3 is 2.24 bits per heavy atom. The standard InChI is InChI=1S/C24H23N3O5S2/c1-4-27-21-19(31-2)14-15-20(32-3)22(21)33-24(27)25-23(28)16-10-12-17(13-11-16)26-34(29,30)18-8-6-5-7-9-18/h5-15,26H,4H2,1-3H3. The summed E-state index contributed by atoms with van der Waals surface area (Å²) in [5, 5.41) is 0. The molecule has 4 aromatic rings. The number of aromatic nitrogens is 1. The molecule has 34 heavy (non-hydrogen) atoms. The third-order valence-corrected chi connectivity index (χ3v) is 7.63. The van der Waals surface area contributed by atoms with Crippen LogP contribution in [0.3, 0.4) is 0 Å². The molecule has 0 fully saturated rings. The van der Waals surface area contributed by atoms with E-state index in [9.17, 15) is 13.2 Å². The molecule has 176 valence electrons. The fraction of sp³-hybridized carbons (Fsp3) is 0.167. The number of aryl methyl sites for hydroxylation is 1. The minimum Gasteiger partial charge on any atom is -0.495 e. The molecule has 1 heterocycles. The lowest BCUT2D eigenvalue weighted by Gasteiger charge is -2.08. The van der Waals surface area contributed by atoms with E-state index in [1.807, 2.05) is 23.6 Å². The summed E-state index contributed by atoms with van der Waals surface area (Å²) in [6.45, 7) is 2.54. The Bertz CT molecular complexity index is 1510. The molecule has 0 radical (unpaired) electrons. The van der Waals surface area contributed by atoms with E-state index in [2.05, 4.69) is 9.71 Å². The maximum absolute atomic E-state index is 12.9. The summed E-state index contributed by atoms with van der Waals surface area (Å²) in [5.74, 6) is 0.897. The van der Waals surface area contributed by atoms with Crippen LogP contribution in [0.1, 0.15) is 17.3 Å². The molecule has 0 saturated carbocycles. The van der Waals surface area contributed by atoms with Gasteiger partial charge in [0, 0.05) is 17.8 Å². The van der Waals surface area contributed by atoms with Crippen LogP contribution in [-0.2, 0) is 16.6 Å². The predicted molar refractivity (Wildman–Crippen MR) is 132 cm³/mol. The molecule has 10 heteroatoms. The van der Waals surface area contributed by atoms with Crippen molar-refractivity contribution in [2.75, 3.05) is 18.9 Å². The van der Waals surface area contributed by atoms with Crippen molar-refractivity contribution in [3.8, 4) is 11.5 Å². The lowest BCUT2D eigenvalue weighted by molar-refractivity contribution is 0.0998. The molecule has 0 aliphatic rings. The SMILES string of the molecule is CCn1c(=NC(=O)c2ccc(NS(=O)(=O)c3ccccc3)cc2)sc2c(OC)ccc(OC)c21. The van der Waals surface area contributed by atoms with E-state index in [4.69, 9.17) is 9.47 Å². The second kappa shape index (κ2) is 9.70. The van der Waals surface area contributed by atoms with Crippen LogP contribution in [0.15, 0.2) is 76.6 Å². The van der Waals surface area contributed by atoms with Gasteiger partial charge in [-0.2, -0.15) is 4.99 Å². The molecule has 1 amide bonds. The Morgan fingerprint density at radius 2 is 1.62 bits per heavy atom. The Balaban J connectivity index is 1.66. The van der Waals surface area contributed by atoms with Crippen molar-refractivity contribution in [2.24, 2.45) is 4.99 Å². The molecule has 4 rings (SSSR count). The van der Waals surface area contributed by atoms with Crippen molar-refractivity contribution in [3.63, 3.8) is 0 Å². The topological polar surface area (TPSA) is 99.0 Å². The van der Waals surface area contributed by atoms with Crippen molar-refractivity contribution in [2.45, 2.75) is 18.4 Å². The number of methoxy groups -OCH3 is 2.